The molecule has 0 aliphatic heterocycles. The van der Waals surface area contributed by atoms with E-state index in [1.165, 1.54) is 28.2 Å². The molecule has 0 aliphatic carbocycles. The first-order chi connectivity index (χ1) is 13.3. The molecule has 0 aliphatic rings. The van der Waals surface area contributed by atoms with Gasteiger partial charge in [-0.1, -0.05) is 53.4 Å². The molecule has 0 saturated carbocycles. The fourth-order valence-electron chi connectivity index (χ4n) is 2.27. The summed E-state index contributed by atoms with van der Waals surface area (Å²) in [5.41, 5.74) is 1.92. The zero-order valence-corrected chi connectivity index (χ0v) is 16.4. The Morgan fingerprint density at radius 1 is 1.15 bits per heavy atom. The maximum absolute atomic E-state index is 12.2. The first kappa shape index (κ1) is 17.9. The molecular formula is C18H14N4O2S3. The van der Waals surface area contributed by atoms with Crippen LogP contribution in [0.1, 0.15) is 11.3 Å². The minimum absolute atomic E-state index is 0.165. The van der Waals surface area contributed by atoms with Gasteiger partial charge in [-0.2, -0.15) is 0 Å². The highest BCUT2D eigenvalue weighted by atomic mass is 32.2. The lowest BCUT2D eigenvalue weighted by Crippen LogP contribution is -2.14. The summed E-state index contributed by atoms with van der Waals surface area (Å²) in [4.78, 5) is 16.7. The number of carbonyl (C=O) groups excluding carboxylic acids is 1. The van der Waals surface area contributed by atoms with Crippen LogP contribution < -0.4 is 5.32 Å². The van der Waals surface area contributed by atoms with Crippen LogP contribution in [0.5, 0.6) is 0 Å². The number of nitrogens with one attached hydrogen (secondary N) is 1. The van der Waals surface area contributed by atoms with E-state index in [1.807, 2.05) is 35.7 Å². The van der Waals surface area contributed by atoms with E-state index in [4.69, 9.17) is 4.42 Å². The third-order valence-corrected chi connectivity index (χ3v) is 6.43. The molecule has 27 heavy (non-hydrogen) atoms. The van der Waals surface area contributed by atoms with E-state index in [1.54, 1.807) is 18.0 Å². The molecule has 0 unspecified atom stereocenters. The van der Waals surface area contributed by atoms with Crippen molar-refractivity contribution in [3.8, 4) is 10.8 Å². The van der Waals surface area contributed by atoms with Crippen molar-refractivity contribution in [2.45, 2.75) is 16.5 Å². The molecule has 6 nitrogen and oxygen atoms in total. The quantitative estimate of drug-likeness (QED) is 0.348. The van der Waals surface area contributed by atoms with Crippen molar-refractivity contribution in [3.63, 3.8) is 0 Å². The summed E-state index contributed by atoms with van der Waals surface area (Å²) in [5.74, 6) is 1.36. The summed E-state index contributed by atoms with van der Waals surface area (Å²) >= 11 is 4.42. The van der Waals surface area contributed by atoms with Crippen molar-refractivity contribution in [1.82, 2.24) is 15.2 Å². The second-order valence-corrected chi connectivity index (χ2v) is 8.55. The van der Waals surface area contributed by atoms with Crippen molar-refractivity contribution in [3.05, 3.63) is 65.4 Å². The number of hydrogen-bond donors (Lipinski definition) is 1. The Kier molecular flexibility index (Phi) is 5.61. The van der Waals surface area contributed by atoms with Gasteiger partial charge in [-0.15, -0.1) is 21.5 Å². The standard InChI is InChI=1S/C18H14N4O2S3/c23-15(9-13-11-25-16(19-13)14-7-4-8-24-14)20-17-21-22-18(27-17)26-10-12-5-2-1-3-6-12/h1-8,11H,9-10H2,(H,20,21,23). The molecule has 0 fully saturated rings. The maximum Gasteiger partial charge on any atom is 0.232 e. The lowest BCUT2D eigenvalue weighted by atomic mass is 10.2. The number of hydrogen-bond acceptors (Lipinski definition) is 8. The predicted molar refractivity (Wildman–Crippen MR) is 108 cm³/mol. The van der Waals surface area contributed by atoms with Crippen LogP contribution >= 0.6 is 34.4 Å². The van der Waals surface area contributed by atoms with Crippen molar-refractivity contribution in [2.24, 2.45) is 0 Å². The van der Waals surface area contributed by atoms with Crippen LogP contribution in [0.2, 0.25) is 0 Å². The number of rotatable bonds is 7. The minimum atomic E-state index is -0.165. The Morgan fingerprint density at radius 3 is 2.85 bits per heavy atom. The van der Waals surface area contributed by atoms with Gasteiger partial charge in [-0.25, -0.2) is 4.98 Å². The first-order valence-corrected chi connectivity index (χ1v) is 10.7. The van der Waals surface area contributed by atoms with Crippen molar-refractivity contribution in [1.29, 1.82) is 0 Å². The van der Waals surface area contributed by atoms with Gasteiger partial charge >= 0.3 is 0 Å². The molecule has 1 N–H and O–H groups in total. The average Bonchev–Trinajstić information content (AvgIpc) is 3.42. The van der Waals surface area contributed by atoms with Gasteiger partial charge in [-0.3, -0.25) is 4.79 Å². The van der Waals surface area contributed by atoms with E-state index in [0.717, 1.165) is 15.1 Å². The highest BCUT2D eigenvalue weighted by Gasteiger charge is 2.13. The van der Waals surface area contributed by atoms with E-state index >= 15 is 0 Å². The lowest BCUT2D eigenvalue weighted by Gasteiger charge is -1.98. The maximum atomic E-state index is 12.2. The molecule has 0 radical (unpaired) electrons. The van der Waals surface area contributed by atoms with E-state index < -0.39 is 0 Å². The second-order valence-electron chi connectivity index (χ2n) is 5.49. The third-order valence-electron chi connectivity index (χ3n) is 3.48. The van der Waals surface area contributed by atoms with Crippen molar-refractivity contribution in [2.75, 3.05) is 5.32 Å². The lowest BCUT2D eigenvalue weighted by molar-refractivity contribution is -0.115. The number of carbonyl (C=O) groups is 1. The van der Waals surface area contributed by atoms with Gasteiger partial charge in [0.05, 0.1) is 18.4 Å². The number of furan rings is 1. The van der Waals surface area contributed by atoms with Crippen LogP contribution in [0, 0.1) is 0 Å². The first-order valence-electron chi connectivity index (χ1n) is 8.04. The number of nitrogens with zero attached hydrogens (tertiary/aromatic N) is 3. The molecule has 0 saturated heterocycles. The number of thiazole rings is 1. The van der Waals surface area contributed by atoms with Gasteiger partial charge in [0.15, 0.2) is 15.1 Å². The molecule has 4 aromatic rings. The van der Waals surface area contributed by atoms with E-state index in [2.05, 4.69) is 32.6 Å². The van der Waals surface area contributed by atoms with Crippen LogP contribution in [-0.2, 0) is 17.0 Å². The third kappa shape index (κ3) is 4.82. The largest absolute Gasteiger partial charge is 0.462 e. The highest BCUT2D eigenvalue weighted by Crippen LogP contribution is 2.28. The molecule has 1 amide bonds. The Morgan fingerprint density at radius 2 is 2.04 bits per heavy atom. The summed E-state index contributed by atoms with van der Waals surface area (Å²) in [6.07, 6.45) is 1.79. The molecule has 1 aromatic carbocycles. The van der Waals surface area contributed by atoms with Crippen molar-refractivity contribution < 1.29 is 9.21 Å². The van der Waals surface area contributed by atoms with Gasteiger partial charge in [-0.05, 0) is 17.7 Å². The second kappa shape index (κ2) is 8.47. The molecule has 0 spiro atoms. The summed E-state index contributed by atoms with van der Waals surface area (Å²) in [7, 11) is 0. The van der Waals surface area contributed by atoms with Gasteiger partial charge in [0, 0.05) is 11.1 Å². The van der Waals surface area contributed by atoms with Crippen LogP contribution in [-0.4, -0.2) is 21.1 Å². The Labute approximate surface area is 167 Å². The number of anilines is 1. The van der Waals surface area contributed by atoms with Crippen molar-refractivity contribution >= 4 is 45.5 Å². The topological polar surface area (TPSA) is 80.9 Å². The van der Waals surface area contributed by atoms with Gasteiger partial charge in [0.2, 0.25) is 11.0 Å². The zero-order chi connectivity index (χ0) is 18.5. The van der Waals surface area contributed by atoms with Gasteiger partial charge in [0.25, 0.3) is 0 Å². The fraction of sp³-hybridized carbons (Fsp3) is 0.111. The number of benzene rings is 1. The molecule has 3 heterocycles. The molecule has 3 aromatic heterocycles. The summed E-state index contributed by atoms with van der Waals surface area (Å²) in [6.45, 7) is 0. The highest BCUT2D eigenvalue weighted by molar-refractivity contribution is 8.00. The van der Waals surface area contributed by atoms with Crippen LogP contribution in [0.25, 0.3) is 10.8 Å². The normalized spacial score (nSPS) is 10.8. The zero-order valence-electron chi connectivity index (χ0n) is 14.0. The summed E-state index contributed by atoms with van der Waals surface area (Å²) in [6, 6.07) is 13.8. The Hall–Kier alpha value is -2.49. The molecule has 136 valence electrons. The van der Waals surface area contributed by atoms with E-state index in [-0.39, 0.29) is 12.3 Å². The van der Waals surface area contributed by atoms with Gasteiger partial charge in [0.1, 0.15) is 0 Å². The Balaban J connectivity index is 1.30. The number of amides is 1. The average molecular weight is 415 g/mol. The van der Waals surface area contributed by atoms with Crippen LogP contribution in [0.15, 0.2) is 62.9 Å². The smallest absolute Gasteiger partial charge is 0.232 e. The van der Waals surface area contributed by atoms with Gasteiger partial charge < -0.3 is 9.73 Å². The molecule has 9 heteroatoms. The monoisotopic (exact) mass is 414 g/mol. The fourth-order valence-corrected chi connectivity index (χ4v) is 4.78. The molecule has 0 atom stereocenters. The number of aromatic nitrogens is 3. The van der Waals surface area contributed by atoms with E-state index in [9.17, 15) is 4.79 Å². The molecule has 0 bridgehead atoms. The van der Waals surface area contributed by atoms with E-state index in [0.29, 0.717) is 16.6 Å². The molecule has 4 rings (SSSR count). The predicted octanol–water partition coefficient (Wildman–Crippen LogP) is 4.73. The SMILES string of the molecule is O=C(Cc1csc(-c2ccco2)n1)Nc1nnc(SCc2ccccc2)s1. The Bertz CT molecular complexity index is 1010. The summed E-state index contributed by atoms with van der Waals surface area (Å²) in [5, 5.41) is 14.1. The van der Waals surface area contributed by atoms with Crippen LogP contribution in [0.3, 0.4) is 0 Å². The van der Waals surface area contributed by atoms with Crippen LogP contribution in [0.4, 0.5) is 5.13 Å². The number of thioether (sulfide) groups is 1. The summed E-state index contributed by atoms with van der Waals surface area (Å²) < 4.78 is 6.14. The minimum Gasteiger partial charge on any atom is -0.462 e. The molecular weight excluding hydrogens is 400 g/mol.